The van der Waals surface area contributed by atoms with Gasteiger partial charge in [-0.3, -0.25) is 9.69 Å². The van der Waals surface area contributed by atoms with Crippen LogP contribution in [0.15, 0.2) is 25.3 Å². The van der Waals surface area contributed by atoms with Gasteiger partial charge < -0.3 is 9.84 Å². The van der Waals surface area contributed by atoms with Crippen molar-refractivity contribution in [1.82, 2.24) is 4.90 Å². The summed E-state index contributed by atoms with van der Waals surface area (Å²) in [5.74, 6) is -0.219. The Balaban J connectivity index is 4.21. The molecule has 0 aliphatic rings. The summed E-state index contributed by atoms with van der Waals surface area (Å²) in [5, 5.41) is 9.33. The molecule has 17 heavy (non-hydrogen) atoms. The highest BCUT2D eigenvalue weighted by Gasteiger charge is 2.17. The fraction of sp³-hybridized carbons (Fsp3) is 0.615. The monoisotopic (exact) mass is 241 g/mol. The van der Waals surface area contributed by atoms with Gasteiger partial charge in [-0.2, -0.15) is 0 Å². The molecule has 0 amide bonds. The molecular weight excluding hydrogens is 218 g/mol. The van der Waals surface area contributed by atoms with Crippen LogP contribution in [0, 0.1) is 0 Å². The zero-order chi connectivity index (χ0) is 13.1. The Morgan fingerprint density at radius 1 is 1.41 bits per heavy atom. The van der Waals surface area contributed by atoms with Gasteiger partial charge in [-0.1, -0.05) is 12.2 Å². The van der Waals surface area contributed by atoms with E-state index < -0.39 is 0 Å². The van der Waals surface area contributed by atoms with Crippen molar-refractivity contribution in [3.8, 4) is 0 Å². The first kappa shape index (κ1) is 15.9. The topological polar surface area (TPSA) is 49.8 Å². The lowest BCUT2D eigenvalue weighted by atomic mass is 10.1. The minimum atomic E-state index is -0.219. The van der Waals surface area contributed by atoms with Crippen molar-refractivity contribution in [2.75, 3.05) is 26.3 Å². The van der Waals surface area contributed by atoms with Crippen LogP contribution in [-0.2, 0) is 9.53 Å². The lowest BCUT2D eigenvalue weighted by Crippen LogP contribution is -2.38. The zero-order valence-electron chi connectivity index (χ0n) is 10.6. The smallest absolute Gasteiger partial charge is 0.305 e. The molecule has 0 heterocycles. The second-order valence-corrected chi connectivity index (χ2v) is 3.71. The molecule has 1 N–H and O–H groups in total. The highest BCUT2D eigenvalue weighted by Crippen LogP contribution is 2.08. The number of nitrogens with zero attached hydrogens (tertiary/aromatic N) is 1. The Kier molecular flexibility index (Phi) is 9.38. The van der Waals surface area contributed by atoms with Crippen molar-refractivity contribution in [2.24, 2.45) is 0 Å². The van der Waals surface area contributed by atoms with Gasteiger partial charge >= 0.3 is 5.97 Å². The van der Waals surface area contributed by atoms with E-state index in [1.54, 1.807) is 19.1 Å². The maximum atomic E-state index is 11.2. The Hall–Kier alpha value is -1.13. The van der Waals surface area contributed by atoms with Crippen molar-refractivity contribution >= 4 is 5.97 Å². The molecule has 0 aliphatic carbocycles. The first-order chi connectivity index (χ1) is 8.19. The van der Waals surface area contributed by atoms with E-state index in [4.69, 9.17) is 4.74 Å². The number of ether oxygens (including phenoxy) is 1. The van der Waals surface area contributed by atoms with E-state index in [-0.39, 0.29) is 18.6 Å². The highest BCUT2D eigenvalue weighted by atomic mass is 16.5. The summed E-state index contributed by atoms with van der Waals surface area (Å²) in [5.41, 5.74) is 0. The third kappa shape index (κ3) is 6.92. The molecule has 98 valence electrons. The van der Waals surface area contributed by atoms with Crippen LogP contribution >= 0.6 is 0 Å². The van der Waals surface area contributed by atoms with Gasteiger partial charge in [0, 0.05) is 25.6 Å². The minimum Gasteiger partial charge on any atom is -0.466 e. The Morgan fingerprint density at radius 3 is 2.41 bits per heavy atom. The van der Waals surface area contributed by atoms with E-state index in [2.05, 4.69) is 13.2 Å². The molecule has 0 fully saturated rings. The van der Waals surface area contributed by atoms with Crippen LogP contribution in [0.4, 0.5) is 0 Å². The van der Waals surface area contributed by atoms with Gasteiger partial charge in [-0.05, 0) is 13.3 Å². The van der Waals surface area contributed by atoms with Crippen molar-refractivity contribution in [1.29, 1.82) is 0 Å². The SMILES string of the molecule is C=CCN(CC=C)[C@H](CO)CCC(=O)OCC. The van der Waals surface area contributed by atoms with Crippen LogP contribution in [0.3, 0.4) is 0 Å². The number of carbonyl (C=O) groups is 1. The van der Waals surface area contributed by atoms with Gasteiger partial charge in [0.2, 0.25) is 0 Å². The zero-order valence-corrected chi connectivity index (χ0v) is 10.6. The summed E-state index contributed by atoms with van der Waals surface area (Å²) in [7, 11) is 0. The van der Waals surface area contributed by atoms with Gasteiger partial charge in [0.15, 0.2) is 0 Å². The lowest BCUT2D eigenvalue weighted by Gasteiger charge is -2.28. The Labute approximate surface area is 104 Å². The van der Waals surface area contributed by atoms with E-state index in [0.717, 1.165) is 0 Å². The standard InChI is InChI=1S/C13H23NO3/c1-4-9-14(10-5-2)12(11-15)7-8-13(16)17-6-3/h4-5,12,15H,1-2,6-11H2,3H3/t12-/m0/s1. The number of aliphatic hydroxyl groups excluding tert-OH is 1. The van der Waals surface area contributed by atoms with Crippen LogP contribution in [0.5, 0.6) is 0 Å². The molecule has 0 spiro atoms. The van der Waals surface area contributed by atoms with E-state index >= 15 is 0 Å². The molecule has 4 heteroatoms. The normalized spacial score (nSPS) is 12.2. The molecule has 0 bridgehead atoms. The largest absolute Gasteiger partial charge is 0.466 e. The summed E-state index contributed by atoms with van der Waals surface area (Å²) in [6, 6.07) is -0.0598. The molecule has 4 nitrogen and oxygen atoms in total. The second-order valence-electron chi connectivity index (χ2n) is 3.71. The second kappa shape index (κ2) is 10.1. The maximum absolute atomic E-state index is 11.2. The minimum absolute atomic E-state index is 0.0150. The molecule has 0 radical (unpaired) electrons. The number of rotatable bonds is 10. The van der Waals surface area contributed by atoms with Gasteiger partial charge in [0.05, 0.1) is 13.2 Å². The van der Waals surface area contributed by atoms with Crippen LogP contribution in [0.25, 0.3) is 0 Å². The molecule has 0 rings (SSSR count). The quantitative estimate of drug-likeness (QED) is 0.463. The lowest BCUT2D eigenvalue weighted by molar-refractivity contribution is -0.143. The van der Waals surface area contributed by atoms with Crippen molar-refractivity contribution in [3.63, 3.8) is 0 Å². The molecule has 0 aromatic rings. The molecule has 0 aromatic heterocycles. The molecule has 0 saturated carbocycles. The number of esters is 1. The summed E-state index contributed by atoms with van der Waals surface area (Å²) >= 11 is 0. The molecule has 1 atom stereocenters. The van der Waals surface area contributed by atoms with Gasteiger partial charge in [-0.15, -0.1) is 13.2 Å². The van der Waals surface area contributed by atoms with Gasteiger partial charge in [-0.25, -0.2) is 0 Å². The average molecular weight is 241 g/mol. The van der Waals surface area contributed by atoms with Crippen LogP contribution in [0.2, 0.25) is 0 Å². The highest BCUT2D eigenvalue weighted by molar-refractivity contribution is 5.69. The summed E-state index contributed by atoms with van der Waals surface area (Å²) in [6.07, 6.45) is 4.45. The molecule has 0 saturated heterocycles. The number of hydrogen-bond acceptors (Lipinski definition) is 4. The fourth-order valence-electron chi connectivity index (χ4n) is 1.61. The maximum Gasteiger partial charge on any atom is 0.305 e. The van der Waals surface area contributed by atoms with Gasteiger partial charge in [0.1, 0.15) is 0 Å². The van der Waals surface area contributed by atoms with E-state index in [1.807, 2.05) is 4.90 Å². The molecular formula is C13H23NO3. The van der Waals surface area contributed by atoms with Crippen molar-refractivity contribution in [2.45, 2.75) is 25.8 Å². The predicted octanol–water partition coefficient (Wildman–Crippen LogP) is 1.36. The van der Waals surface area contributed by atoms with Crippen LogP contribution in [0.1, 0.15) is 19.8 Å². The van der Waals surface area contributed by atoms with E-state index in [9.17, 15) is 9.90 Å². The third-order valence-corrected chi connectivity index (χ3v) is 2.44. The van der Waals surface area contributed by atoms with Gasteiger partial charge in [0.25, 0.3) is 0 Å². The first-order valence-electron chi connectivity index (χ1n) is 5.91. The van der Waals surface area contributed by atoms with Crippen molar-refractivity contribution < 1.29 is 14.6 Å². The van der Waals surface area contributed by atoms with Crippen LogP contribution < -0.4 is 0 Å². The molecule has 0 aliphatic heterocycles. The Bertz CT molecular complexity index is 231. The fourth-order valence-corrected chi connectivity index (χ4v) is 1.61. The number of hydrogen-bond donors (Lipinski definition) is 1. The summed E-state index contributed by atoms with van der Waals surface area (Å²) in [6.45, 7) is 10.9. The van der Waals surface area contributed by atoms with E-state index in [1.165, 1.54) is 0 Å². The predicted molar refractivity (Wildman–Crippen MR) is 68.7 cm³/mol. The first-order valence-corrected chi connectivity index (χ1v) is 5.91. The molecule has 0 unspecified atom stereocenters. The Morgan fingerprint density at radius 2 is 2.00 bits per heavy atom. The third-order valence-electron chi connectivity index (χ3n) is 2.44. The average Bonchev–Trinajstić information content (AvgIpc) is 2.30. The van der Waals surface area contributed by atoms with E-state index in [0.29, 0.717) is 32.5 Å². The van der Waals surface area contributed by atoms with Crippen LogP contribution in [-0.4, -0.2) is 48.3 Å². The summed E-state index contributed by atoms with van der Waals surface area (Å²) < 4.78 is 4.86. The number of carbonyl (C=O) groups excluding carboxylic acids is 1. The molecule has 0 aromatic carbocycles. The van der Waals surface area contributed by atoms with Crippen molar-refractivity contribution in [3.05, 3.63) is 25.3 Å². The number of aliphatic hydroxyl groups is 1. The summed E-state index contributed by atoms with van der Waals surface area (Å²) in [4.78, 5) is 13.3.